The van der Waals surface area contributed by atoms with Crippen molar-refractivity contribution in [2.45, 2.75) is 45.6 Å². The Morgan fingerprint density at radius 3 is 1.86 bits per heavy atom. The van der Waals surface area contributed by atoms with Gasteiger partial charge in [0.15, 0.2) is 0 Å². The number of hydrogen-bond acceptors (Lipinski definition) is 3. The van der Waals surface area contributed by atoms with Crippen LogP contribution in [0.15, 0.2) is 0 Å². The molecule has 0 saturated carbocycles. The normalized spacial score (nSPS) is 20.4. The molecular formula is C15H27N3O3. The fraction of sp³-hybridized carbons (Fsp3) is 0.867. The molecule has 2 fully saturated rings. The number of hydrogen-bond donors (Lipinski definition) is 0. The van der Waals surface area contributed by atoms with Crippen LogP contribution in [0.1, 0.15) is 40.0 Å². The molecule has 2 aliphatic rings. The summed E-state index contributed by atoms with van der Waals surface area (Å²) in [4.78, 5) is 30.0. The number of carbonyl (C=O) groups is 2. The summed E-state index contributed by atoms with van der Waals surface area (Å²) in [7, 11) is 0. The predicted octanol–water partition coefficient (Wildman–Crippen LogP) is 2.15. The molecule has 0 bridgehead atoms. The molecular weight excluding hydrogens is 270 g/mol. The number of ether oxygens (including phenoxy) is 1. The first-order chi connectivity index (χ1) is 9.87. The van der Waals surface area contributed by atoms with E-state index in [9.17, 15) is 9.59 Å². The molecule has 0 unspecified atom stereocenters. The molecule has 0 radical (unpaired) electrons. The van der Waals surface area contributed by atoms with E-state index in [1.165, 1.54) is 0 Å². The van der Waals surface area contributed by atoms with Gasteiger partial charge >= 0.3 is 12.1 Å². The van der Waals surface area contributed by atoms with Crippen LogP contribution in [0.4, 0.5) is 9.59 Å². The number of nitrogens with zero attached hydrogens (tertiary/aromatic N) is 3. The lowest BCUT2D eigenvalue weighted by Gasteiger charge is -2.28. The molecule has 3 amide bonds. The molecule has 0 aromatic carbocycles. The Kier molecular flexibility index (Phi) is 4.96. The number of urea groups is 1. The number of likely N-dealkylation sites (tertiary alicyclic amines) is 1. The summed E-state index contributed by atoms with van der Waals surface area (Å²) in [5, 5.41) is 0. The second-order valence-electron chi connectivity index (χ2n) is 6.78. The van der Waals surface area contributed by atoms with Crippen molar-refractivity contribution in [3.63, 3.8) is 0 Å². The van der Waals surface area contributed by atoms with Crippen molar-refractivity contribution in [2.75, 3.05) is 39.3 Å². The van der Waals surface area contributed by atoms with Crippen LogP contribution in [0.3, 0.4) is 0 Å². The topological polar surface area (TPSA) is 53.1 Å². The molecule has 0 aromatic rings. The Bertz CT molecular complexity index is 386. The minimum atomic E-state index is -0.478. The first-order valence-electron chi connectivity index (χ1n) is 7.88. The highest BCUT2D eigenvalue weighted by atomic mass is 16.6. The monoisotopic (exact) mass is 297 g/mol. The molecule has 0 aromatic heterocycles. The lowest BCUT2D eigenvalue weighted by Crippen LogP contribution is -2.44. The summed E-state index contributed by atoms with van der Waals surface area (Å²) in [5.41, 5.74) is -0.478. The van der Waals surface area contributed by atoms with Gasteiger partial charge in [-0.3, -0.25) is 0 Å². The highest BCUT2D eigenvalue weighted by Gasteiger charge is 2.28. The van der Waals surface area contributed by atoms with Crippen molar-refractivity contribution in [3.8, 4) is 0 Å². The van der Waals surface area contributed by atoms with Crippen molar-refractivity contribution in [1.82, 2.24) is 14.7 Å². The van der Waals surface area contributed by atoms with Gasteiger partial charge in [0.2, 0.25) is 0 Å². The third kappa shape index (κ3) is 4.51. The van der Waals surface area contributed by atoms with E-state index in [0.29, 0.717) is 26.2 Å². The molecule has 0 N–H and O–H groups in total. The highest BCUT2D eigenvalue weighted by molar-refractivity contribution is 5.75. The van der Waals surface area contributed by atoms with Gasteiger partial charge in [0.25, 0.3) is 0 Å². The van der Waals surface area contributed by atoms with E-state index in [-0.39, 0.29) is 12.1 Å². The van der Waals surface area contributed by atoms with E-state index in [2.05, 4.69) is 0 Å². The minimum absolute atomic E-state index is 0.124. The van der Waals surface area contributed by atoms with Gasteiger partial charge < -0.3 is 19.4 Å². The highest BCUT2D eigenvalue weighted by Crippen LogP contribution is 2.15. The van der Waals surface area contributed by atoms with E-state index in [4.69, 9.17) is 4.74 Å². The maximum atomic E-state index is 12.4. The zero-order valence-corrected chi connectivity index (χ0v) is 13.4. The van der Waals surface area contributed by atoms with Crippen LogP contribution >= 0.6 is 0 Å². The second kappa shape index (κ2) is 6.54. The molecule has 120 valence electrons. The van der Waals surface area contributed by atoms with Crippen LogP contribution in [-0.4, -0.2) is 71.7 Å². The third-order valence-corrected chi connectivity index (χ3v) is 3.79. The van der Waals surface area contributed by atoms with Crippen molar-refractivity contribution >= 4 is 12.1 Å². The van der Waals surface area contributed by atoms with E-state index < -0.39 is 5.60 Å². The van der Waals surface area contributed by atoms with Crippen LogP contribution in [0.5, 0.6) is 0 Å². The molecule has 2 aliphatic heterocycles. The average Bonchev–Trinajstić information content (AvgIpc) is 2.80. The third-order valence-electron chi connectivity index (χ3n) is 3.79. The molecule has 0 atom stereocenters. The molecule has 2 heterocycles. The molecule has 6 heteroatoms. The molecule has 21 heavy (non-hydrogen) atoms. The Morgan fingerprint density at radius 2 is 1.24 bits per heavy atom. The van der Waals surface area contributed by atoms with Gasteiger partial charge in [-0.25, -0.2) is 9.59 Å². The number of amides is 3. The van der Waals surface area contributed by atoms with Crippen molar-refractivity contribution < 1.29 is 14.3 Å². The summed E-state index contributed by atoms with van der Waals surface area (Å²) in [6.45, 7) is 9.84. The Morgan fingerprint density at radius 1 is 0.762 bits per heavy atom. The van der Waals surface area contributed by atoms with Crippen molar-refractivity contribution in [3.05, 3.63) is 0 Å². The van der Waals surface area contributed by atoms with Gasteiger partial charge in [0.05, 0.1) is 0 Å². The first-order valence-corrected chi connectivity index (χ1v) is 7.88. The van der Waals surface area contributed by atoms with Gasteiger partial charge in [-0.2, -0.15) is 0 Å². The van der Waals surface area contributed by atoms with Crippen LogP contribution in [-0.2, 0) is 4.74 Å². The number of carbonyl (C=O) groups excluding carboxylic acids is 2. The average molecular weight is 297 g/mol. The Hall–Kier alpha value is -1.46. The van der Waals surface area contributed by atoms with Gasteiger partial charge in [0, 0.05) is 39.3 Å². The van der Waals surface area contributed by atoms with Crippen molar-refractivity contribution in [1.29, 1.82) is 0 Å². The summed E-state index contributed by atoms with van der Waals surface area (Å²) in [5.74, 6) is 0. The lowest BCUT2D eigenvalue weighted by molar-refractivity contribution is 0.0258. The van der Waals surface area contributed by atoms with Gasteiger partial charge in [-0.05, 0) is 40.0 Å². The smallest absolute Gasteiger partial charge is 0.410 e. The van der Waals surface area contributed by atoms with Crippen LogP contribution in [0.25, 0.3) is 0 Å². The minimum Gasteiger partial charge on any atom is -0.444 e. The summed E-state index contributed by atoms with van der Waals surface area (Å²) in [6.07, 6.45) is 2.73. The fourth-order valence-corrected chi connectivity index (χ4v) is 2.73. The molecule has 2 saturated heterocycles. The predicted molar refractivity (Wildman–Crippen MR) is 80.2 cm³/mol. The number of rotatable bonds is 0. The Labute approximate surface area is 127 Å². The van der Waals surface area contributed by atoms with Gasteiger partial charge in [0.1, 0.15) is 5.60 Å². The molecule has 0 spiro atoms. The summed E-state index contributed by atoms with van der Waals surface area (Å²) in [6, 6.07) is 0.124. The molecule has 2 rings (SSSR count). The fourth-order valence-electron chi connectivity index (χ4n) is 2.73. The first kappa shape index (κ1) is 15.9. The largest absolute Gasteiger partial charge is 0.444 e. The van der Waals surface area contributed by atoms with Gasteiger partial charge in [-0.1, -0.05) is 0 Å². The zero-order valence-electron chi connectivity index (χ0n) is 13.4. The van der Waals surface area contributed by atoms with Crippen LogP contribution in [0.2, 0.25) is 0 Å². The summed E-state index contributed by atoms with van der Waals surface area (Å²) >= 11 is 0. The second-order valence-corrected chi connectivity index (χ2v) is 6.78. The maximum absolute atomic E-state index is 12.4. The maximum Gasteiger partial charge on any atom is 0.410 e. The van der Waals surface area contributed by atoms with E-state index >= 15 is 0 Å². The zero-order chi connectivity index (χ0) is 15.5. The van der Waals surface area contributed by atoms with E-state index in [1.807, 2.05) is 30.6 Å². The van der Waals surface area contributed by atoms with Crippen LogP contribution in [0, 0.1) is 0 Å². The SMILES string of the molecule is CC(C)(C)OC(=O)N1CCCN(C(=O)N2CCCC2)CC1. The lowest BCUT2D eigenvalue weighted by atomic mass is 10.2. The van der Waals surface area contributed by atoms with Gasteiger partial charge in [-0.15, -0.1) is 0 Å². The van der Waals surface area contributed by atoms with E-state index in [0.717, 1.165) is 32.4 Å². The van der Waals surface area contributed by atoms with Crippen molar-refractivity contribution in [2.24, 2.45) is 0 Å². The molecule has 0 aliphatic carbocycles. The quantitative estimate of drug-likeness (QED) is 0.688. The standard InChI is InChI=1S/C15H27N3O3/c1-15(2,3)21-14(20)18-10-6-9-17(11-12-18)13(19)16-7-4-5-8-16/h4-12H2,1-3H3. The van der Waals surface area contributed by atoms with Crippen LogP contribution < -0.4 is 0 Å². The summed E-state index contributed by atoms with van der Waals surface area (Å²) < 4.78 is 5.40. The molecule has 6 nitrogen and oxygen atoms in total. The van der Waals surface area contributed by atoms with E-state index in [1.54, 1.807) is 4.90 Å². The Balaban J connectivity index is 1.86.